The smallest absolute Gasteiger partial charge is 0.269 e. The molecule has 1 atom stereocenters. The molecule has 114 valence electrons. The van der Waals surface area contributed by atoms with Crippen LogP contribution < -0.4 is 10.6 Å². The Balaban J connectivity index is 1.68. The Labute approximate surface area is 124 Å². The number of nitrogens with zero attached hydrogens (tertiary/aromatic N) is 1. The average Bonchev–Trinajstić information content (AvgIpc) is 2.49. The Morgan fingerprint density at radius 3 is 2.76 bits per heavy atom. The molecule has 1 heterocycles. The molecule has 0 saturated carbocycles. The summed E-state index contributed by atoms with van der Waals surface area (Å²) in [7, 11) is 0. The summed E-state index contributed by atoms with van der Waals surface area (Å²) in [5, 5.41) is 16.8. The van der Waals surface area contributed by atoms with Crippen molar-refractivity contribution in [2.45, 2.75) is 25.7 Å². The van der Waals surface area contributed by atoms with E-state index in [1.165, 1.54) is 12.1 Å². The first kappa shape index (κ1) is 15.4. The standard InChI is InChI=1S/C15H21N3O3/c19-15(10-13-2-1-8-16-11-13)17-9-7-12-3-5-14(6-4-12)18(20)21/h3-6,13,16H,1-2,7-11H2,(H,17,19). The summed E-state index contributed by atoms with van der Waals surface area (Å²) in [6.07, 6.45) is 3.52. The Kier molecular flexibility index (Phi) is 5.68. The van der Waals surface area contributed by atoms with Crippen molar-refractivity contribution in [3.63, 3.8) is 0 Å². The van der Waals surface area contributed by atoms with E-state index in [1.807, 2.05) is 0 Å². The summed E-state index contributed by atoms with van der Waals surface area (Å²) in [5.74, 6) is 0.531. The lowest BCUT2D eigenvalue weighted by molar-refractivity contribution is -0.384. The van der Waals surface area contributed by atoms with Crippen LogP contribution in [0.25, 0.3) is 0 Å². The van der Waals surface area contributed by atoms with Crippen LogP contribution in [0.1, 0.15) is 24.8 Å². The molecule has 21 heavy (non-hydrogen) atoms. The highest BCUT2D eigenvalue weighted by Crippen LogP contribution is 2.14. The number of amides is 1. The van der Waals surface area contributed by atoms with E-state index in [-0.39, 0.29) is 11.6 Å². The second-order valence-electron chi connectivity index (χ2n) is 5.44. The van der Waals surface area contributed by atoms with Gasteiger partial charge in [0.15, 0.2) is 0 Å². The lowest BCUT2D eigenvalue weighted by Gasteiger charge is -2.22. The van der Waals surface area contributed by atoms with Crippen molar-refractivity contribution in [2.75, 3.05) is 19.6 Å². The molecule has 0 spiro atoms. The van der Waals surface area contributed by atoms with Crippen molar-refractivity contribution in [1.29, 1.82) is 0 Å². The highest BCUT2D eigenvalue weighted by Gasteiger charge is 2.16. The van der Waals surface area contributed by atoms with Gasteiger partial charge in [-0.1, -0.05) is 12.1 Å². The summed E-state index contributed by atoms with van der Waals surface area (Å²) in [5.41, 5.74) is 1.08. The van der Waals surface area contributed by atoms with Gasteiger partial charge in [-0.05, 0) is 43.8 Å². The van der Waals surface area contributed by atoms with Gasteiger partial charge in [0, 0.05) is 25.1 Å². The number of benzene rings is 1. The van der Waals surface area contributed by atoms with E-state index in [0.29, 0.717) is 25.3 Å². The highest BCUT2D eigenvalue weighted by molar-refractivity contribution is 5.76. The van der Waals surface area contributed by atoms with E-state index >= 15 is 0 Å². The molecule has 1 unspecified atom stereocenters. The van der Waals surface area contributed by atoms with Crippen LogP contribution in [0, 0.1) is 16.0 Å². The van der Waals surface area contributed by atoms with Crippen molar-refractivity contribution in [3.05, 3.63) is 39.9 Å². The quantitative estimate of drug-likeness (QED) is 0.616. The molecule has 1 saturated heterocycles. The normalized spacial score (nSPS) is 18.2. The molecule has 1 aromatic rings. The molecule has 1 aliphatic heterocycles. The lowest BCUT2D eigenvalue weighted by Crippen LogP contribution is -2.34. The van der Waals surface area contributed by atoms with Gasteiger partial charge < -0.3 is 10.6 Å². The second kappa shape index (κ2) is 7.73. The van der Waals surface area contributed by atoms with Crippen molar-refractivity contribution in [2.24, 2.45) is 5.92 Å². The number of carbonyl (C=O) groups is 1. The number of carbonyl (C=O) groups excluding carboxylic acids is 1. The Hall–Kier alpha value is -1.95. The molecule has 2 rings (SSSR count). The van der Waals surface area contributed by atoms with E-state index < -0.39 is 4.92 Å². The largest absolute Gasteiger partial charge is 0.356 e. The zero-order chi connectivity index (χ0) is 15.1. The average molecular weight is 291 g/mol. The van der Waals surface area contributed by atoms with Crippen molar-refractivity contribution >= 4 is 11.6 Å². The third-order valence-electron chi connectivity index (χ3n) is 3.76. The first-order valence-electron chi connectivity index (χ1n) is 7.36. The van der Waals surface area contributed by atoms with Crippen molar-refractivity contribution in [1.82, 2.24) is 10.6 Å². The molecular formula is C15H21N3O3. The van der Waals surface area contributed by atoms with Gasteiger partial charge >= 0.3 is 0 Å². The van der Waals surface area contributed by atoms with Crippen LogP contribution in [0.5, 0.6) is 0 Å². The molecule has 1 fully saturated rings. The fraction of sp³-hybridized carbons (Fsp3) is 0.533. The summed E-state index contributed by atoms with van der Waals surface area (Å²) < 4.78 is 0. The SMILES string of the molecule is O=C(CC1CCCNC1)NCCc1ccc([N+](=O)[O-])cc1. The molecular weight excluding hydrogens is 270 g/mol. The third-order valence-corrected chi connectivity index (χ3v) is 3.76. The highest BCUT2D eigenvalue weighted by atomic mass is 16.6. The minimum Gasteiger partial charge on any atom is -0.356 e. The van der Waals surface area contributed by atoms with Crippen molar-refractivity contribution in [3.8, 4) is 0 Å². The van der Waals surface area contributed by atoms with Crippen LogP contribution in [0.2, 0.25) is 0 Å². The van der Waals surface area contributed by atoms with Gasteiger partial charge in [-0.25, -0.2) is 0 Å². The molecule has 1 aromatic carbocycles. The van der Waals surface area contributed by atoms with Gasteiger partial charge in [0.25, 0.3) is 5.69 Å². The van der Waals surface area contributed by atoms with Crippen LogP contribution in [-0.2, 0) is 11.2 Å². The van der Waals surface area contributed by atoms with Crippen LogP contribution in [0.15, 0.2) is 24.3 Å². The maximum Gasteiger partial charge on any atom is 0.269 e. The molecule has 1 aliphatic rings. The van der Waals surface area contributed by atoms with E-state index in [9.17, 15) is 14.9 Å². The monoisotopic (exact) mass is 291 g/mol. The number of hydrogen-bond donors (Lipinski definition) is 2. The van der Waals surface area contributed by atoms with Gasteiger partial charge in [-0.15, -0.1) is 0 Å². The van der Waals surface area contributed by atoms with Gasteiger partial charge in [-0.3, -0.25) is 14.9 Å². The van der Waals surface area contributed by atoms with Crippen LogP contribution in [0.3, 0.4) is 0 Å². The maximum absolute atomic E-state index is 11.8. The fourth-order valence-electron chi connectivity index (χ4n) is 2.56. The lowest BCUT2D eigenvalue weighted by atomic mass is 9.96. The first-order valence-corrected chi connectivity index (χ1v) is 7.36. The summed E-state index contributed by atoms with van der Waals surface area (Å²) in [4.78, 5) is 22.0. The number of piperidine rings is 1. The Morgan fingerprint density at radius 2 is 2.14 bits per heavy atom. The van der Waals surface area contributed by atoms with Crippen LogP contribution in [0.4, 0.5) is 5.69 Å². The third kappa shape index (κ3) is 5.15. The van der Waals surface area contributed by atoms with Crippen LogP contribution >= 0.6 is 0 Å². The topological polar surface area (TPSA) is 84.3 Å². The van der Waals surface area contributed by atoms with Gasteiger partial charge in [0.1, 0.15) is 0 Å². The Morgan fingerprint density at radius 1 is 1.38 bits per heavy atom. The minimum absolute atomic E-state index is 0.0885. The number of non-ortho nitro benzene ring substituents is 1. The maximum atomic E-state index is 11.8. The van der Waals surface area contributed by atoms with Gasteiger partial charge in [0.2, 0.25) is 5.91 Å². The molecule has 6 nitrogen and oxygen atoms in total. The van der Waals surface area contributed by atoms with E-state index in [2.05, 4.69) is 10.6 Å². The number of hydrogen-bond acceptors (Lipinski definition) is 4. The second-order valence-corrected chi connectivity index (χ2v) is 5.44. The van der Waals surface area contributed by atoms with E-state index in [1.54, 1.807) is 12.1 Å². The zero-order valence-electron chi connectivity index (χ0n) is 12.0. The predicted molar refractivity (Wildman–Crippen MR) is 80.0 cm³/mol. The number of nitro benzene ring substituents is 1. The molecule has 6 heteroatoms. The number of rotatable bonds is 6. The van der Waals surface area contributed by atoms with E-state index in [0.717, 1.165) is 31.5 Å². The molecule has 2 N–H and O–H groups in total. The Bertz CT molecular complexity index is 481. The first-order chi connectivity index (χ1) is 10.1. The van der Waals surface area contributed by atoms with Crippen LogP contribution in [-0.4, -0.2) is 30.5 Å². The number of nitro groups is 1. The molecule has 0 radical (unpaired) electrons. The molecule has 1 amide bonds. The van der Waals surface area contributed by atoms with E-state index in [4.69, 9.17) is 0 Å². The van der Waals surface area contributed by atoms with Gasteiger partial charge in [-0.2, -0.15) is 0 Å². The predicted octanol–water partition coefficient (Wildman–Crippen LogP) is 1.64. The number of nitrogens with one attached hydrogen (secondary N) is 2. The summed E-state index contributed by atoms with van der Waals surface area (Å²) in [6, 6.07) is 6.44. The molecule has 0 bridgehead atoms. The zero-order valence-corrected chi connectivity index (χ0v) is 12.0. The summed E-state index contributed by atoms with van der Waals surface area (Å²) in [6.45, 7) is 2.55. The molecule has 0 aromatic heterocycles. The summed E-state index contributed by atoms with van der Waals surface area (Å²) >= 11 is 0. The van der Waals surface area contributed by atoms with Crippen molar-refractivity contribution < 1.29 is 9.72 Å². The van der Waals surface area contributed by atoms with Gasteiger partial charge in [0.05, 0.1) is 4.92 Å². The fourth-order valence-corrected chi connectivity index (χ4v) is 2.56. The molecule has 0 aliphatic carbocycles. The minimum atomic E-state index is -0.413.